The van der Waals surface area contributed by atoms with Crippen molar-refractivity contribution in [3.05, 3.63) is 71.8 Å². The fourth-order valence-electron chi connectivity index (χ4n) is 4.11. The van der Waals surface area contributed by atoms with Gasteiger partial charge in [-0.05, 0) is 36.9 Å². The summed E-state index contributed by atoms with van der Waals surface area (Å²) in [5.74, 6) is -4.64. The maximum atomic E-state index is 13.4. The van der Waals surface area contributed by atoms with Crippen molar-refractivity contribution in [2.24, 2.45) is 11.5 Å². The highest BCUT2D eigenvalue weighted by atomic mass is 16.4. The van der Waals surface area contributed by atoms with Gasteiger partial charge in [0.1, 0.15) is 18.1 Å². The second kappa shape index (κ2) is 17.4. The SMILES string of the molecule is NCCCCC(N)C(=O)NC(Cc1ccccc1)C(=O)NC(CCC(=O)O)C(=O)NC(Cc1ccccc1)C(=O)O. The van der Waals surface area contributed by atoms with Crippen LogP contribution in [0.1, 0.15) is 43.2 Å². The van der Waals surface area contributed by atoms with E-state index in [2.05, 4.69) is 16.0 Å². The van der Waals surface area contributed by atoms with Crippen molar-refractivity contribution in [3.8, 4) is 0 Å². The summed E-state index contributed by atoms with van der Waals surface area (Å²) >= 11 is 0. The molecule has 0 saturated heterocycles. The zero-order valence-corrected chi connectivity index (χ0v) is 22.8. The van der Waals surface area contributed by atoms with Crippen molar-refractivity contribution in [1.29, 1.82) is 0 Å². The second-order valence-electron chi connectivity index (χ2n) is 9.72. The van der Waals surface area contributed by atoms with Crippen LogP contribution in [0.3, 0.4) is 0 Å². The van der Waals surface area contributed by atoms with E-state index in [1.807, 2.05) is 0 Å². The summed E-state index contributed by atoms with van der Waals surface area (Å²) in [5.41, 5.74) is 12.9. The smallest absolute Gasteiger partial charge is 0.326 e. The van der Waals surface area contributed by atoms with Crippen molar-refractivity contribution >= 4 is 29.7 Å². The van der Waals surface area contributed by atoms with E-state index < -0.39 is 60.2 Å². The molecule has 41 heavy (non-hydrogen) atoms. The molecule has 0 heterocycles. The molecule has 3 amide bonds. The van der Waals surface area contributed by atoms with Gasteiger partial charge in [0.05, 0.1) is 6.04 Å². The van der Waals surface area contributed by atoms with E-state index in [1.165, 1.54) is 0 Å². The molecule has 0 radical (unpaired) electrons. The molecule has 0 aliphatic carbocycles. The van der Waals surface area contributed by atoms with Gasteiger partial charge in [-0.25, -0.2) is 4.79 Å². The maximum Gasteiger partial charge on any atom is 0.326 e. The number of nitrogens with two attached hydrogens (primary N) is 2. The van der Waals surface area contributed by atoms with Crippen LogP contribution in [0.2, 0.25) is 0 Å². The molecular weight excluding hydrogens is 530 g/mol. The van der Waals surface area contributed by atoms with E-state index in [0.717, 1.165) is 5.56 Å². The molecule has 0 bridgehead atoms. The summed E-state index contributed by atoms with van der Waals surface area (Å²) in [4.78, 5) is 62.5. The number of carbonyl (C=O) groups excluding carboxylic acids is 3. The van der Waals surface area contributed by atoms with Crippen LogP contribution in [0.25, 0.3) is 0 Å². The van der Waals surface area contributed by atoms with Gasteiger partial charge in [0.2, 0.25) is 17.7 Å². The Balaban J connectivity index is 2.21. The van der Waals surface area contributed by atoms with Crippen molar-refractivity contribution in [3.63, 3.8) is 0 Å². The lowest BCUT2D eigenvalue weighted by Gasteiger charge is -2.25. The van der Waals surface area contributed by atoms with Gasteiger partial charge in [0.15, 0.2) is 0 Å². The van der Waals surface area contributed by atoms with Crippen molar-refractivity contribution in [1.82, 2.24) is 16.0 Å². The zero-order chi connectivity index (χ0) is 30.2. The highest BCUT2D eigenvalue weighted by Crippen LogP contribution is 2.09. The van der Waals surface area contributed by atoms with Gasteiger partial charge in [0, 0.05) is 19.3 Å². The topological polar surface area (TPSA) is 214 Å². The second-order valence-corrected chi connectivity index (χ2v) is 9.72. The van der Waals surface area contributed by atoms with E-state index in [-0.39, 0.29) is 19.3 Å². The summed E-state index contributed by atoms with van der Waals surface area (Å²) in [6.07, 6.45) is 0.988. The Kier molecular flexibility index (Phi) is 14.0. The van der Waals surface area contributed by atoms with Gasteiger partial charge >= 0.3 is 11.9 Å². The summed E-state index contributed by atoms with van der Waals surface area (Å²) in [5, 5.41) is 26.5. The monoisotopic (exact) mass is 569 g/mol. The number of hydrogen-bond donors (Lipinski definition) is 7. The van der Waals surface area contributed by atoms with Crippen LogP contribution in [0.15, 0.2) is 60.7 Å². The minimum atomic E-state index is -1.37. The summed E-state index contributed by atoms with van der Waals surface area (Å²) in [7, 11) is 0. The zero-order valence-electron chi connectivity index (χ0n) is 22.8. The molecular formula is C29H39N5O7. The molecule has 0 saturated carbocycles. The molecule has 0 aliphatic rings. The van der Waals surface area contributed by atoms with Gasteiger partial charge in [-0.2, -0.15) is 0 Å². The number of carbonyl (C=O) groups is 5. The minimum Gasteiger partial charge on any atom is -0.481 e. The average Bonchev–Trinajstić information content (AvgIpc) is 2.95. The maximum absolute atomic E-state index is 13.4. The first-order valence-electron chi connectivity index (χ1n) is 13.5. The summed E-state index contributed by atoms with van der Waals surface area (Å²) in [6, 6.07) is 12.8. The van der Waals surface area contributed by atoms with Crippen LogP contribution < -0.4 is 27.4 Å². The Labute approximate surface area is 238 Å². The molecule has 0 aromatic heterocycles. The van der Waals surface area contributed by atoms with Crippen LogP contribution in [0.4, 0.5) is 0 Å². The molecule has 9 N–H and O–H groups in total. The molecule has 2 aromatic carbocycles. The molecule has 4 unspecified atom stereocenters. The summed E-state index contributed by atoms with van der Waals surface area (Å²) in [6.45, 7) is 0.460. The molecule has 222 valence electrons. The first-order chi connectivity index (χ1) is 19.6. The van der Waals surface area contributed by atoms with Crippen LogP contribution in [0.5, 0.6) is 0 Å². The van der Waals surface area contributed by atoms with E-state index in [0.29, 0.717) is 31.4 Å². The molecule has 0 fully saturated rings. The van der Waals surface area contributed by atoms with E-state index in [1.54, 1.807) is 60.7 Å². The highest BCUT2D eigenvalue weighted by molar-refractivity contribution is 5.94. The summed E-state index contributed by atoms with van der Waals surface area (Å²) < 4.78 is 0. The quantitative estimate of drug-likeness (QED) is 0.123. The Bertz CT molecular complexity index is 1150. The predicted octanol–water partition coefficient (Wildman–Crippen LogP) is 0.332. The minimum absolute atomic E-state index is 0.0176. The highest BCUT2D eigenvalue weighted by Gasteiger charge is 2.31. The van der Waals surface area contributed by atoms with Crippen molar-refractivity contribution in [2.75, 3.05) is 6.54 Å². The van der Waals surface area contributed by atoms with Crippen LogP contribution in [0, 0.1) is 0 Å². The van der Waals surface area contributed by atoms with E-state index in [4.69, 9.17) is 11.5 Å². The van der Waals surface area contributed by atoms with Crippen LogP contribution >= 0.6 is 0 Å². The normalized spacial score (nSPS) is 13.7. The molecule has 12 heteroatoms. The number of rotatable bonds is 18. The number of unbranched alkanes of at least 4 members (excludes halogenated alkanes) is 1. The number of aliphatic carboxylic acids is 2. The molecule has 4 atom stereocenters. The Hall–Kier alpha value is -4.29. The molecule has 2 aromatic rings. The van der Waals surface area contributed by atoms with Gasteiger partial charge in [-0.15, -0.1) is 0 Å². The molecule has 12 nitrogen and oxygen atoms in total. The van der Waals surface area contributed by atoms with Crippen molar-refractivity contribution < 1.29 is 34.2 Å². The Morgan fingerprint density at radius 3 is 1.66 bits per heavy atom. The number of carboxylic acids is 2. The number of nitrogens with one attached hydrogen (secondary N) is 3. The molecule has 0 aliphatic heterocycles. The van der Waals surface area contributed by atoms with E-state index >= 15 is 0 Å². The lowest BCUT2D eigenvalue weighted by atomic mass is 10.0. The lowest BCUT2D eigenvalue weighted by Crippen LogP contribution is -2.57. The van der Waals surface area contributed by atoms with Gasteiger partial charge in [-0.1, -0.05) is 67.1 Å². The number of amides is 3. The average molecular weight is 570 g/mol. The van der Waals surface area contributed by atoms with E-state index in [9.17, 15) is 34.2 Å². The first-order valence-corrected chi connectivity index (χ1v) is 13.5. The third kappa shape index (κ3) is 12.2. The third-order valence-electron chi connectivity index (χ3n) is 6.40. The lowest BCUT2D eigenvalue weighted by molar-refractivity contribution is -0.143. The fraction of sp³-hybridized carbons (Fsp3) is 0.414. The number of hydrogen-bond acceptors (Lipinski definition) is 7. The van der Waals surface area contributed by atoms with Crippen LogP contribution in [-0.4, -0.2) is 70.6 Å². The largest absolute Gasteiger partial charge is 0.481 e. The third-order valence-corrected chi connectivity index (χ3v) is 6.40. The number of carboxylic acid groups (broad SMARTS) is 2. The predicted molar refractivity (Wildman–Crippen MR) is 151 cm³/mol. The first kappa shape index (κ1) is 32.9. The molecule has 0 spiro atoms. The number of benzene rings is 2. The van der Waals surface area contributed by atoms with Gasteiger partial charge < -0.3 is 37.6 Å². The fourth-order valence-corrected chi connectivity index (χ4v) is 4.11. The van der Waals surface area contributed by atoms with Crippen molar-refractivity contribution in [2.45, 2.75) is 69.1 Å². The van der Waals surface area contributed by atoms with Crippen LogP contribution in [-0.2, 0) is 36.8 Å². The van der Waals surface area contributed by atoms with Gasteiger partial charge in [-0.3, -0.25) is 19.2 Å². The molecule has 2 rings (SSSR count). The van der Waals surface area contributed by atoms with Gasteiger partial charge in [0.25, 0.3) is 0 Å². The Morgan fingerprint density at radius 1 is 0.659 bits per heavy atom. The standard InChI is InChI=1S/C29H39N5O7/c30-16-8-7-13-21(31)26(37)33-23(17-19-9-3-1-4-10-19)28(39)32-22(14-15-25(35)36)27(38)34-24(29(40)41)18-20-11-5-2-6-12-20/h1-6,9-12,21-24H,7-8,13-18,30-31H2,(H,32,39)(H,33,37)(H,34,38)(H,35,36)(H,40,41). The Morgan fingerprint density at radius 2 is 1.15 bits per heavy atom.